The van der Waals surface area contributed by atoms with E-state index in [9.17, 15) is 4.79 Å². The first kappa shape index (κ1) is 14.5. The predicted octanol–water partition coefficient (Wildman–Crippen LogP) is 1.82. The van der Waals surface area contributed by atoms with Crippen molar-refractivity contribution in [2.75, 3.05) is 27.7 Å². The number of nitrogens with one attached hydrogen (secondary N) is 1. The molecule has 18 heavy (non-hydrogen) atoms. The van der Waals surface area contributed by atoms with Gasteiger partial charge >= 0.3 is 0 Å². The summed E-state index contributed by atoms with van der Waals surface area (Å²) in [4.78, 5) is 13.0. The van der Waals surface area contributed by atoms with E-state index in [1.165, 1.54) is 0 Å². The predicted molar refractivity (Wildman–Crippen MR) is 72.7 cm³/mol. The Morgan fingerprint density at radius 1 is 1.44 bits per heavy atom. The van der Waals surface area contributed by atoms with E-state index in [4.69, 9.17) is 4.74 Å². The van der Waals surface area contributed by atoms with Gasteiger partial charge in [-0.15, -0.1) is 0 Å². The van der Waals surface area contributed by atoms with Gasteiger partial charge in [0.05, 0.1) is 7.11 Å². The minimum absolute atomic E-state index is 0.139. The van der Waals surface area contributed by atoms with Crippen molar-refractivity contribution in [3.8, 4) is 5.75 Å². The van der Waals surface area contributed by atoms with Gasteiger partial charge in [0.25, 0.3) is 0 Å². The molecule has 4 heteroatoms. The number of carbonyl (C=O) groups excluding carboxylic acids is 1. The Bertz CT molecular complexity index is 391. The highest BCUT2D eigenvalue weighted by molar-refractivity contribution is 5.75. The van der Waals surface area contributed by atoms with Gasteiger partial charge in [-0.2, -0.15) is 0 Å². The minimum atomic E-state index is 0.139. The maximum Gasteiger partial charge on any atom is 0.223 e. The summed E-state index contributed by atoms with van der Waals surface area (Å²) in [5.41, 5.74) is 1.16. The van der Waals surface area contributed by atoms with E-state index in [1.807, 2.05) is 24.3 Å². The number of hydrogen-bond donors (Lipinski definition) is 1. The average Bonchev–Trinajstić information content (AvgIpc) is 2.38. The van der Waals surface area contributed by atoms with Gasteiger partial charge in [0.15, 0.2) is 0 Å². The molecule has 0 saturated heterocycles. The molecular formula is C14H22N2O2. The summed E-state index contributed by atoms with van der Waals surface area (Å²) >= 11 is 0. The molecule has 1 aromatic carbocycles. The molecule has 0 aromatic heterocycles. The SMILES string of the molecule is COc1cccc([C@H](C)NCCC(=O)N(C)C)c1. The molecule has 0 aliphatic heterocycles. The minimum Gasteiger partial charge on any atom is -0.497 e. The second kappa shape index (κ2) is 7.01. The highest BCUT2D eigenvalue weighted by Crippen LogP contribution is 2.18. The zero-order valence-corrected chi connectivity index (χ0v) is 11.6. The Kier molecular flexibility index (Phi) is 5.65. The molecule has 4 nitrogen and oxygen atoms in total. The van der Waals surface area contributed by atoms with Gasteiger partial charge in [-0.25, -0.2) is 0 Å². The molecular weight excluding hydrogens is 228 g/mol. The third-order valence-electron chi connectivity index (χ3n) is 2.88. The van der Waals surface area contributed by atoms with Gasteiger partial charge in [0.1, 0.15) is 5.75 Å². The third-order valence-corrected chi connectivity index (χ3v) is 2.88. The standard InChI is InChI=1S/C14H22N2O2/c1-11(15-9-8-14(17)16(2)3)12-6-5-7-13(10-12)18-4/h5-7,10-11,15H,8-9H2,1-4H3/t11-/m0/s1. The largest absolute Gasteiger partial charge is 0.497 e. The average molecular weight is 250 g/mol. The first-order valence-corrected chi connectivity index (χ1v) is 6.12. The number of benzene rings is 1. The van der Waals surface area contributed by atoms with Crippen LogP contribution in [0.3, 0.4) is 0 Å². The smallest absolute Gasteiger partial charge is 0.223 e. The van der Waals surface area contributed by atoms with Crippen molar-refractivity contribution in [2.45, 2.75) is 19.4 Å². The first-order valence-electron chi connectivity index (χ1n) is 6.12. The van der Waals surface area contributed by atoms with Crippen LogP contribution in [0.2, 0.25) is 0 Å². The van der Waals surface area contributed by atoms with Crippen LogP contribution in [0.1, 0.15) is 24.9 Å². The number of rotatable bonds is 6. The van der Waals surface area contributed by atoms with Crippen molar-refractivity contribution < 1.29 is 9.53 Å². The Labute approximate surface area is 109 Å². The molecule has 1 N–H and O–H groups in total. The summed E-state index contributed by atoms with van der Waals surface area (Å²) in [5, 5.41) is 3.33. The van der Waals surface area contributed by atoms with Gasteiger partial charge in [0, 0.05) is 33.1 Å². The summed E-state index contributed by atoms with van der Waals surface area (Å²) < 4.78 is 5.19. The number of ether oxygens (including phenoxy) is 1. The number of carbonyl (C=O) groups is 1. The lowest BCUT2D eigenvalue weighted by atomic mass is 10.1. The Morgan fingerprint density at radius 2 is 2.17 bits per heavy atom. The van der Waals surface area contributed by atoms with E-state index in [0.29, 0.717) is 13.0 Å². The fourth-order valence-corrected chi connectivity index (χ4v) is 1.65. The monoisotopic (exact) mass is 250 g/mol. The van der Waals surface area contributed by atoms with Crippen molar-refractivity contribution in [1.29, 1.82) is 0 Å². The maximum absolute atomic E-state index is 11.4. The Balaban J connectivity index is 2.45. The van der Waals surface area contributed by atoms with Crippen molar-refractivity contribution >= 4 is 5.91 Å². The maximum atomic E-state index is 11.4. The highest BCUT2D eigenvalue weighted by Gasteiger charge is 2.08. The van der Waals surface area contributed by atoms with Gasteiger partial charge in [-0.1, -0.05) is 12.1 Å². The van der Waals surface area contributed by atoms with Crippen molar-refractivity contribution in [3.63, 3.8) is 0 Å². The Hall–Kier alpha value is -1.55. The van der Waals surface area contributed by atoms with Crippen molar-refractivity contribution in [3.05, 3.63) is 29.8 Å². The van der Waals surface area contributed by atoms with E-state index in [1.54, 1.807) is 26.1 Å². The molecule has 0 radical (unpaired) electrons. The molecule has 1 rings (SSSR count). The summed E-state index contributed by atoms with van der Waals surface area (Å²) in [6.45, 7) is 2.75. The van der Waals surface area contributed by atoms with Crippen LogP contribution in [0.25, 0.3) is 0 Å². The number of nitrogens with zero attached hydrogens (tertiary/aromatic N) is 1. The van der Waals surface area contributed by atoms with Crippen molar-refractivity contribution in [1.82, 2.24) is 10.2 Å². The summed E-state index contributed by atoms with van der Waals surface area (Å²) in [6, 6.07) is 8.15. The number of amides is 1. The molecule has 1 aromatic rings. The van der Waals surface area contributed by atoms with Gasteiger partial charge < -0.3 is 15.0 Å². The van der Waals surface area contributed by atoms with Crippen LogP contribution in [-0.4, -0.2) is 38.6 Å². The quantitative estimate of drug-likeness (QED) is 0.837. The topological polar surface area (TPSA) is 41.6 Å². The number of hydrogen-bond acceptors (Lipinski definition) is 3. The molecule has 0 unspecified atom stereocenters. The zero-order valence-electron chi connectivity index (χ0n) is 11.6. The van der Waals surface area contributed by atoms with E-state index in [-0.39, 0.29) is 11.9 Å². The van der Waals surface area contributed by atoms with E-state index >= 15 is 0 Å². The van der Waals surface area contributed by atoms with E-state index in [0.717, 1.165) is 11.3 Å². The van der Waals surface area contributed by atoms with Crippen LogP contribution in [0.5, 0.6) is 5.75 Å². The third kappa shape index (κ3) is 4.37. The molecule has 1 amide bonds. The zero-order chi connectivity index (χ0) is 13.5. The molecule has 0 spiro atoms. The molecule has 0 heterocycles. The summed E-state index contributed by atoms with van der Waals surface area (Å²) in [7, 11) is 5.20. The summed E-state index contributed by atoms with van der Waals surface area (Å²) in [6.07, 6.45) is 0.515. The molecule has 0 aliphatic rings. The summed E-state index contributed by atoms with van der Waals surface area (Å²) in [5.74, 6) is 0.992. The Morgan fingerprint density at radius 3 is 2.78 bits per heavy atom. The fourth-order valence-electron chi connectivity index (χ4n) is 1.65. The molecule has 1 atom stereocenters. The molecule has 100 valence electrons. The van der Waals surface area contributed by atoms with Crippen LogP contribution >= 0.6 is 0 Å². The molecule has 0 saturated carbocycles. The van der Waals surface area contributed by atoms with Crippen molar-refractivity contribution in [2.24, 2.45) is 0 Å². The lowest BCUT2D eigenvalue weighted by Gasteiger charge is -2.16. The van der Waals surface area contributed by atoms with Crippen LogP contribution in [0.4, 0.5) is 0 Å². The second-order valence-electron chi connectivity index (χ2n) is 4.49. The highest BCUT2D eigenvalue weighted by atomic mass is 16.5. The van der Waals surface area contributed by atoms with Crippen LogP contribution in [0, 0.1) is 0 Å². The fraction of sp³-hybridized carbons (Fsp3) is 0.500. The lowest BCUT2D eigenvalue weighted by molar-refractivity contribution is -0.128. The molecule has 0 aliphatic carbocycles. The van der Waals surface area contributed by atoms with Crippen LogP contribution < -0.4 is 10.1 Å². The van der Waals surface area contributed by atoms with Gasteiger partial charge in [-0.05, 0) is 24.6 Å². The molecule has 0 fully saturated rings. The van der Waals surface area contributed by atoms with Gasteiger partial charge in [-0.3, -0.25) is 4.79 Å². The van der Waals surface area contributed by atoms with Crippen LogP contribution in [-0.2, 0) is 4.79 Å². The second-order valence-corrected chi connectivity index (χ2v) is 4.49. The number of methoxy groups -OCH3 is 1. The van der Waals surface area contributed by atoms with E-state index < -0.39 is 0 Å². The van der Waals surface area contributed by atoms with E-state index in [2.05, 4.69) is 12.2 Å². The molecule has 0 bridgehead atoms. The van der Waals surface area contributed by atoms with Gasteiger partial charge in [0.2, 0.25) is 5.91 Å². The lowest BCUT2D eigenvalue weighted by Crippen LogP contribution is -2.28. The van der Waals surface area contributed by atoms with Crippen LogP contribution in [0.15, 0.2) is 24.3 Å². The normalized spacial score (nSPS) is 12.0. The first-order chi connectivity index (χ1) is 8.54.